The molecule has 2 aromatic rings. The number of anilines is 2. The third kappa shape index (κ3) is 5.58. The van der Waals surface area contributed by atoms with E-state index in [0.29, 0.717) is 34.5 Å². The molecule has 10 heteroatoms. The predicted molar refractivity (Wildman–Crippen MR) is 135 cm³/mol. The molecule has 2 amide bonds. The van der Waals surface area contributed by atoms with Crippen LogP contribution in [0.15, 0.2) is 41.1 Å². The van der Waals surface area contributed by atoms with Gasteiger partial charge in [0.05, 0.1) is 23.4 Å². The van der Waals surface area contributed by atoms with Crippen molar-refractivity contribution in [2.45, 2.75) is 38.7 Å². The molecule has 1 aromatic carbocycles. The molecule has 4 rings (SSSR count). The third-order valence-electron chi connectivity index (χ3n) is 6.82. The summed E-state index contributed by atoms with van der Waals surface area (Å²) in [7, 11) is 1.69. The zero-order valence-corrected chi connectivity index (χ0v) is 21.7. The number of amides is 2. The zero-order valence-electron chi connectivity index (χ0n) is 20.1. The van der Waals surface area contributed by atoms with Gasteiger partial charge in [0.15, 0.2) is 0 Å². The number of pyridine rings is 1. The van der Waals surface area contributed by atoms with Crippen molar-refractivity contribution >= 4 is 39.1 Å². The lowest BCUT2D eigenvalue weighted by atomic mass is 9.82. The maximum absolute atomic E-state index is 15.0. The van der Waals surface area contributed by atoms with Crippen LogP contribution in [0.25, 0.3) is 0 Å². The number of piperidine rings is 1. The molecule has 1 unspecified atom stereocenters. The maximum atomic E-state index is 15.0. The van der Waals surface area contributed by atoms with Crippen LogP contribution in [0, 0.1) is 5.41 Å². The van der Waals surface area contributed by atoms with Crippen molar-refractivity contribution in [3.8, 4) is 0 Å². The highest BCUT2D eigenvalue weighted by Gasteiger charge is 2.50. The fraction of sp³-hybridized carbons (Fsp3) is 0.480. The van der Waals surface area contributed by atoms with Crippen LogP contribution in [0.3, 0.4) is 0 Å². The van der Waals surface area contributed by atoms with Crippen LogP contribution in [0.2, 0.25) is 0 Å². The number of nitrogens with one attached hydrogen (secondary N) is 2. The van der Waals surface area contributed by atoms with Gasteiger partial charge in [-0.3, -0.25) is 14.6 Å². The van der Waals surface area contributed by atoms with Gasteiger partial charge < -0.3 is 20.4 Å². The second-order valence-electron chi connectivity index (χ2n) is 10.0. The van der Waals surface area contributed by atoms with Gasteiger partial charge in [-0.15, -0.1) is 0 Å². The summed E-state index contributed by atoms with van der Waals surface area (Å²) < 4.78 is 30.7. The Bertz CT molecular complexity index is 1120. The van der Waals surface area contributed by atoms with Crippen LogP contribution in [0.5, 0.6) is 0 Å². The first kappa shape index (κ1) is 25.3. The second-order valence-corrected chi connectivity index (χ2v) is 10.9. The van der Waals surface area contributed by atoms with Crippen molar-refractivity contribution in [2.75, 3.05) is 43.9 Å². The van der Waals surface area contributed by atoms with Crippen LogP contribution in [0.1, 0.15) is 47.4 Å². The molecule has 35 heavy (non-hydrogen) atoms. The van der Waals surface area contributed by atoms with E-state index in [-0.39, 0.29) is 23.4 Å². The van der Waals surface area contributed by atoms with Gasteiger partial charge >= 0.3 is 0 Å². The van der Waals surface area contributed by atoms with E-state index in [9.17, 15) is 9.59 Å². The number of carbonyl (C=O) groups is 2. The number of aromatic nitrogens is 1. The first-order valence-electron chi connectivity index (χ1n) is 11.6. The van der Waals surface area contributed by atoms with Gasteiger partial charge in [-0.25, -0.2) is 8.78 Å². The average Bonchev–Trinajstić information content (AvgIpc) is 3.13. The molecule has 0 aliphatic carbocycles. The van der Waals surface area contributed by atoms with Gasteiger partial charge in [0.25, 0.3) is 17.7 Å². The lowest BCUT2D eigenvalue weighted by Gasteiger charge is -2.37. The summed E-state index contributed by atoms with van der Waals surface area (Å²) in [5, 5.41) is 5.77. The van der Waals surface area contributed by atoms with Gasteiger partial charge in [-0.2, -0.15) is 0 Å². The second kappa shape index (κ2) is 9.72. The van der Waals surface area contributed by atoms with Crippen LogP contribution in [-0.2, 0) is 0 Å². The van der Waals surface area contributed by atoms with Crippen LogP contribution in [-0.4, -0.2) is 71.8 Å². The molecule has 0 bridgehead atoms. The smallest absolute Gasteiger partial charge is 0.286 e. The largest absolute Gasteiger partial charge is 0.387 e. The number of alkyl halides is 2. The number of benzene rings is 1. The van der Waals surface area contributed by atoms with Gasteiger partial charge in [0.2, 0.25) is 0 Å². The Kier molecular flexibility index (Phi) is 7.04. The molecule has 0 radical (unpaired) electrons. The summed E-state index contributed by atoms with van der Waals surface area (Å²) in [5.74, 6) is -3.87. The number of nitrogens with zero attached hydrogens (tertiary/aromatic N) is 3. The molecule has 2 aliphatic rings. The minimum atomic E-state index is -3.17. The number of hydrogen-bond donors (Lipinski definition) is 2. The van der Waals surface area contributed by atoms with E-state index >= 15 is 8.78 Å². The van der Waals surface area contributed by atoms with Gasteiger partial charge in [0, 0.05) is 49.2 Å². The molecule has 7 nitrogen and oxygen atoms in total. The van der Waals surface area contributed by atoms with Gasteiger partial charge in [0.1, 0.15) is 6.04 Å². The Balaban J connectivity index is 1.52. The normalized spacial score (nSPS) is 21.0. The monoisotopic (exact) mass is 549 g/mol. The van der Waals surface area contributed by atoms with Crippen LogP contribution < -0.4 is 10.6 Å². The fourth-order valence-electron chi connectivity index (χ4n) is 4.46. The SMILES string of the molecule is CNc1cncc(C(=O)N2CC(Nc3ccc(Br)cc3C(=O)N3CCC(C)(C)CC3)C(F)(F)C2)c1. The summed E-state index contributed by atoms with van der Waals surface area (Å²) in [6, 6.07) is 5.25. The van der Waals surface area contributed by atoms with Crippen molar-refractivity contribution < 1.29 is 18.4 Å². The molecule has 0 spiro atoms. The number of likely N-dealkylation sites (tertiary alicyclic amines) is 2. The van der Waals surface area contributed by atoms with Crippen molar-refractivity contribution in [1.29, 1.82) is 0 Å². The van der Waals surface area contributed by atoms with E-state index < -0.39 is 24.4 Å². The highest BCUT2D eigenvalue weighted by atomic mass is 79.9. The van der Waals surface area contributed by atoms with E-state index in [1.807, 2.05) is 0 Å². The molecule has 0 saturated carbocycles. The van der Waals surface area contributed by atoms with E-state index in [0.717, 1.165) is 17.7 Å². The first-order chi connectivity index (χ1) is 16.5. The summed E-state index contributed by atoms with van der Waals surface area (Å²) in [6.07, 6.45) is 4.69. The molecular weight excluding hydrogens is 520 g/mol. The van der Waals surface area contributed by atoms with Crippen LogP contribution in [0.4, 0.5) is 20.2 Å². The Morgan fingerprint density at radius 1 is 1.09 bits per heavy atom. The summed E-state index contributed by atoms with van der Waals surface area (Å²) in [5.41, 5.74) is 1.71. The molecule has 2 N–H and O–H groups in total. The zero-order chi connectivity index (χ0) is 25.4. The molecule has 1 atom stereocenters. The number of halogens is 3. The maximum Gasteiger partial charge on any atom is 0.286 e. The average molecular weight is 550 g/mol. The molecule has 188 valence electrons. The highest BCUT2D eigenvalue weighted by Crippen LogP contribution is 2.35. The Hall–Kier alpha value is -2.75. The van der Waals surface area contributed by atoms with Crippen molar-refractivity contribution in [2.24, 2.45) is 5.41 Å². The Morgan fingerprint density at radius 2 is 1.80 bits per heavy atom. The molecular formula is C25H30BrF2N5O2. The molecule has 3 heterocycles. The standard InChI is InChI=1S/C25H30BrF2N5O2/c1-24(2)6-8-32(9-7-24)23(35)19-11-17(26)4-5-20(19)31-21-14-33(15-25(21,27)28)22(34)16-10-18(29-3)13-30-12-16/h4-5,10-13,21,29,31H,6-9,14-15H2,1-3H3. The van der Waals surface area contributed by atoms with E-state index in [1.165, 1.54) is 6.20 Å². The number of rotatable bonds is 5. The van der Waals surface area contributed by atoms with Gasteiger partial charge in [-0.1, -0.05) is 29.8 Å². The molecule has 2 aliphatic heterocycles. The summed E-state index contributed by atoms with van der Waals surface area (Å²) in [6.45, 7) is 4.70. The third-order valence-corrected chi connectivity index (χ3v) is 7.31. The number of carbonyl (C=O) groups excluding carboxylic acids is 2. The molecule has 2 fully saturated rings. The van der Waals surface area contributed by atoms with E-state index in [4.69, 9.17) is 0 Å². The fourth-order valence-corrected chi connectivity index (χ4v) is 4.82. The summed E-state index contributed by atoms with van der Waals surface area (Å²) >= 11 is 3.40. The van der Waals surface area contributed by atoms with Gasteiger partial charge in [-0.05, 0) is 42.5 Å². The quantitative estimate of drug-likeness (QED) is 0.564. The number of hydrogen-bond acceptors (Lipinski definition) is 5. The van der Waals surface area contributed by atoms with E-state index in [2.05, 4.69) is 45.4 Å². The Labute approximate surface area is 212 Å². The summed E-state index contributed by atoms with van der Waals surface area (Å²) in [4.78, 5) is 33.2. The molecule has 1 aromatic heterocycles. The lowest BCUT2D eigenvalue weighted by Crippen LogP contribution is -2.42. The van der Waals surface area contributed by atoms with Crippen molar-refractivity contribution in [3.63, 3.8) is 0 Å². The van der Waals surface area contributed by atoms with Crippen molar-refractivity contribution in [3.05, 3.63) is 52.3 Å². The lowest BCUT2D eigenvalue weighted by molar-refractivity contribution is 0.00428. The van der Waals surface area contributed by atoms with E-state index in [1.54, 1.807) is 42.4 Å². The minimum absolute atomic E-state index is 0.180. The molecule has 2 saturated heterocycles. The minimum Gasteiger partial charge on any atom is -0.387 e. The van der Waals surface area contributed by atoms with Crippen LogP contribution >= 0.6 is 15.9 Å². The predicted octanol–water partition coefficient (Wildman–Crippen LogP) is 4.72. The Morgan fingerprint density at radius 3 is 2.49 bits per heavy atom. The highest BCUT2D eigenvalue weighted by molar-refractivity contribution is 9.10. The first-order valence-corrected chi connectivity index (χ1v) is 12.4. The van der Waals surface area contributed by atoms with Crippen molar-refractivity contribution in [1.82, 2.24) is 14.8 Å². The topological polar surface area (TPSA) is 77.6 Å².